The first-order valence-corrected chi connectivity index (χ1v) is 13.0. The Labute approximate surface area is 215 Å². The first-order valence-electron chi connectivity index (χ1n) is 12.2. The fourth-order valence-electron chi connectivity index (χ4n) is 6.01. The molecule has 3 heterocycles. The van der Waals surface area contributed by atoms with Gasteiger partial charge in [-0.1, -0.05) is 64.0 Å². The Morgan fingerprint density at radius 1 is 1.00 bits per heavy atom. The van der Waals surface area contributed by atoms with E-state index in [4.69, 9.17) is 5.10 Å². The van der Waals surface area contributed by atoms with Crippen molar-refractivity contribution < 1.29 is 4.79 Å². The maximum Gasteiger partial charge on any atom is 0.261 e. The second-order valence-corrected chi connectivity index (χ2v) is 10.9. The fraction of sp³-hybridized carbons (Fsp3) is 0.310. The number of amides is 1. The maximum absolute atomic E-state index is 14.3. The summed E-state index contributed by atoms with van der Waals surface area (Å²) in [7, 11) is 0. The van der Waals surface area contributed by atoms with Gasteiger partial charge in [-0.05, 0) is 61.7 Å². The van der Waals surface area contributed by atoms with Gasteiger partial charge in [-0.2, -0.15) is 10.1 Å². The summed E-state index contributed by atoms with van der Waals surface area (Å²) < 4.78 is 1.04. The molecule has 0 radical (unpaired) electrons. The molecule has 5 nitrogen and oxygen atoms in total. The van der Waals surface area contributed by atoms with Crippen molar-refractivity contribution in [3.05, 3.63) is 94.0 Å². The average Bonchev–Trinajstić information content (AvgIpc) is 3.10. The Bertz CT molecular complexity index is 1310. The van der Waals surface area contributed by atoms with E-state index in [1.807, 2.05) is 31.2 Å². The zero-order valence-electron chi connectivity index (χ0n) is 20.1. The molecule has 0 saturated carbocycles. The quantitative estimate of drug-likeness (QED) is 0.456. The number of hydrogen-bond acceptors (Lipinski definition) is 4. The Morgan fingerprint density at radius 2 is 1.77 bits per heavy atom. The second-order valence-electron chi connectivity index (χ2n) is 9.99. The van der Waals surface area contributed by atoms with E-state index in [2.05, 4.69) is 81.2 Å². The standard InChI is InChI=1S/C29H29BrN4O/c1-20-8-11-25(12-9-20)34-28(35)29(21(2)31-34)17-23-16-24(30)10-13-26(23)33-15-14-32(19-27(29)33)18-22-6-4-3-5-7-22/h3-13,16,27H,14-15,17-19H2,1-2H3/t27-,29+/m1/s1. The molecule has 3 aliphatic heterocycles. The van der Waals surface area contributed by atoms with Crippen LogP contribution in [0, 0.1) is 12.3 Å². The van der Waals surface area contributed by atoms with Crippen LogP contribution in [-0.2, 0) is 17.8 Å². The third-order valence-electron chi connectivity index (χ3n) is 7.85. The number of piperazine rings is 1. The SMILES string of the molecule is CC1=NN(c2ccc(C)cc2)C(=O)[C@@]12Cc1cc(Br)ccc1N1CCN(Cc3ccccc3)C[C@@H]12. The first-order chi connectivity index (χ1) is 17.0. The van der Waals surface area contributed by atoms with Gasteiger partial charge in [0.05, 0.1) is 17.4 Å². The van der Waals surface area contributed by atoms with Crippen LogP contribution < -0.4 is 9.91 Å². The molecule has 6 rings (SSSR count). The number of carbonyl (C=O) groups excluding carboxylic acids is 1. The summed E-state index contributed by atoms with van der Waals surface area (Å²) in [5.74, 6) is 0.0843. The summed E-state index contributed by atoms with van der Waals surface area (Å²) in [5.41, 5.74) is 5.99. The van der Waals surface area contributed by atoms with Gasteiger partial charge in [0.25, 0.3) is 5.91 Å². The molecule has 2 atom stereocenters. The third kappa shape index (κ3) is 3.71. The minimum Gasteiger partial charge on any atom is -0.364 e. The lowest BCUT2D eigenvalue weighted by molar-refractivity contribution is -0.125. The summed E-state index contributed by atoms with van der Waals surface area (Å²) in [6.07, 6.45) is 0.665. The Morgan fingerprint density at radius 3 is 2.54 bits per heavy atom. The van der Waals surface area contributed by atoms with E-state index in [0.29, 0.717) is 6.42 Å². The second kappa shape index (κ2) is 8.61. The molecular formula is C29H29BrN4O. The van der Waals surface area contributed by atoms with Crippen molar-refractivity contribution in [3.63, 3.8) is 0 Å². The molecule has 0 N–H and O–H groups in total. The number of fused-ring (bicyclic) bond motifs is 4. The van der Waals surface area contributed by atoms with E-state index in [-0.39, 0.29) is 11.9 Å². The van der Waals surface area contributed by atoms with Crippen molar-refractivity contribution in [1.82, 2.24) is 4.90 Å². The lowest BCUT2D eigenvalue weighted by atomic mass is 9.67. The van der Waals surface area contributed by atoms with E-state index >= 15 is 0 Å². The molecule has 3 aromatic rings. The summed E-state index contributed by atoms with van der Waals surface area (Å²) >= 11 is 3.66. The van der Waals surface area contributed by atoms with E-state index in [0.717, 1.165) is 42.1 Å². The van der Waals surface area contributed by atoms with Gasteiger partial charge in [-0.25, -0.2) is 0 Å². The molecule has 1 saturated heterocycles. The highest BCUT2D eigenvalue weighted by molar-refractivity contribution is 9.10. The predicted octanol–water partition coefficient (Wildman–Crippen LogP) is 5.41. The van der Waals surface area contributed by atoms with E-state index < -0.39 is 5.41 Å². The molecule has 1 amide bonds. The molecule has 0 aliphatic carbocycles. The molecule has 6 heteroatoms. The average molecular weight is 529 g/mol. The largest absolute Gasteiger partial charge is 0.364 e. The van der Waals surface area contributed by atoms with Crippen molar-refractivity contribution in [3.8, 4) is 0 Å². The number of hydrazone groups is 1. The van der Waals surface area contributed by atoms with Crippen molar-refractivity contribution in [2.24, 2.45) is 10.5 Å². The topological polar surface area (TPSA) is 39.2 Å². The molecule has 178 valence electrons. The molecular weight excluding hydrogens is 500 g/mol. The van der Waals surface area contributed by atoms with Gasteiger partial charge in [0.1, 0.15) is 5.41 Å². The number of nitrogens with zero attached hydrogens (tertiary/aromatic N) is 4. The highest BCUT2D eigenvalue weighted by Gasteiger charge is 2.59. The molecule has 35 heavy (non-hydrogen) atoms. The zero-order chi connectivity index (χ0) is 24.2. The zero-order valence-corrected chi connectivity index (χ0v) is 21.7. The predicted molar refractivity (Wildman–Crippen MR) is 145 cm³/mol. The van der Waals surface area contributed by atoms with Crippen molar-refractivity contribution in [2.45, 2.75) is 32.9 Å². The number of hydrogen-bond donors (Lipinski definition) is 0. The van der Waals surface area contributed by atoms with Crippen LogP contribution in [0.2, 0.25) is 0 Å². The van der Waals surface area contributed by atoms with Crippen molar-refractivity contribution >= 4 is 38.9 Å². The van der Waals surface area contributed by atoms with Crippen LogP contribution in [0.1, 0.15) is 23.6 Å². The van der Waals surface area contributed by atoms with Gasteiger partial charge in [0, 0.05) is 36.3 Å². The summed E-state index contributed by atoms with van der Waals surface area (Å²) in [6.45, 7) is 7.67. The minimum absolute atomic E-state index is 0.0281. The Balaban J connectivity index is 1.41. The van der Waals surface area contributed by atoms with Crippen molar-refractivity contribution in [2.75, 3.05) is 29.5 Å². The van der Waals surface area contributed by atoms with Gasteiger partial charge < -0.3 is 4.90 Å². The van der Waals surface area contributed by atoms with Crippen LogP contribution in [0.25, 0.3) is 0 Å². The van der Waals surface area contributed by atoms with E-state index in [1.165, 1.54) is 22.4 Å². The van der Waals surface area contributed by atoms with Crippen LogP contribution in [0.4, 0.5) is 11.4 Å². The highest BCUT2D eigenvalue weighted by Crippen LogP contribution is 2.48. The van der Waals surface area contributed by atoms with Crippen LogP contribution in [-0.4, -0.2) is 42.2 Å². The number of rotatable bonds is 3. The minimum atomic E-state index is -0.686. The first kappa shape index (κ1) is 22.5. The van der Waals surface area contributed by atoms with Crippen LogP contribution in [0.15, 0.2) is 82.4 Å². The number of halogens is 1. The maximum atomic E-state index is 14.3. The third-order valence-corrected chi connectivity index (χ3v) is 8.34. The van der Waals surface area contributed by atoms with Crippen LogP contribution >= 0.6 is 15.9 Å². The molecule has 0 unspecified atom stereocenters. The monoisotopic (exact) mass is 528 g/mol. The normalized spacial score (nSPS) is 23.9. The fourth-order valence-corrected chi connectivity index (χ4v) is 6.41. The lowest BCUT2D eigenvalue weighted by Crippen LogP contribution is -2.66. The lowest BCUT2D eigenvalue weighted by Gasteiger charge is -2.53. The van der Waals surface area contributed by atoms with E-state index in [9.17, 15) is 4.79 Å². The van der Waals surface area contributed by atoms with Gasteiger partial charge in [0.15, 0.2) is 0 Å². The summed E-state index contributed by atoms with van der Waals surface area (Å²) in [5, 5.41) is 6.53. The summed E-state index contributed by atoms with van der Waals surface area (Å²) in [4.78, 5) is 19.3. The van der Waals surface area contributed by atoms with Crippen LogP contribution in [0.5, 0.6) is 0 Å². The Hall–Kier alpha value is -2.96. The summed E-state index contributed by atoms with van der Waals surface area (Å²) in [6, 6.07) is 25.2. The smallest absolute Gasteiger partial charge is 0.261 e. The number of aryl methyl sites for hydroxylation is 1. The molecule has 3 aliphatic rings. The number of anilines is 2. The molecule has 0 aromatic heterocycles. The van der Waals surface area contributed by atoms with Crippen molar-refractivity contribution in [1.29, 1.82) is 0 Å². The van der Waals surface area contributed by atoms with Gasteiger partial charge >= 0.3 is 0 Å². The molecule has 1 fully saturated rings. The number of benzene rings is 3. The molecule has 3 aromatic carbocycles. The Kier molecular flexibility index (Phi) is 5.53. The van der Waals surface area contributed by atoms with Crippen LogP contribution in [0.3, 0.4) is 0 Å². The molecule has 0 bridgehead atoms. The van der Waals surface area contributed by atoms with Gasteiger partial charge in [-0.3, -0.25) is 9.69 Å². The number of carbonyl (C=O) groups is 1. The van der Waals surface area contributed by atoms with E-state index in [1.54, 1.807) is 5.01 Å². The highest BCUT2D eigenvalue weighted by atomic mass is 79.9. The molecule has 1 spiro atoms. The van der Waals surface area contributed by atoms with Gasteiger partial charge in [-0.15, -0.1) is 0 Å². The van der Waals surface area contributed by atoms with Gasteiger partial charge in [0.2, 0.25) is 0 Å².